The maximum absolute atomic E-state index is 10.3. The van der Waals surface area contributed by atoms with Gasteiger partial charge in [-0.05, 0) is 17.7 Å². The zero-order chi connectivity index (χ0) is 14.5. The predicted molar refractivity (Wildman–Crippen MR) is 87.0 cm³/mol. The maximum atomic E-state index is 10.3. The van der Waals surface area contributed by atoms with Crippen LogP contribution in [0.5, 0.6) is 0 Å². The highest BCUT2D eigenvalue weighted by Gasteiger charge is 2.11. The summed E-state index contributed by atoms with van der Waals surface area (Å²) in [6, 6.07) is 17.4. The Hall–Kier alpha value is -1.91. The van der Waals surface area contributed by atoms with E-state index in [1.807, 2.05) is 66.5 Å². The van der Waals surface area contributed by atoms with Crippen molar-refractivity contribution in [3.05, 3.63) is 65.7 Å². The molecule has 0 saturated heterocycles. The summed E-state index contributed by atoms with van der Waals surface area (Å²) in [6.07, 6.45) is -0.555. The minimum Gasteiger partial charge on any atom is -0.389 e. The molecule has 0 aromatic heterocycles. The lowest BCUT2D eigenvalue weighted by Gasteiger charge is -2.23. The SMILES string of the molecule is CN(CC(O)c1ccc(C(N)=S)cc1)c1ccccc1. The number of nitrogens with two attached hydrogens (primary N) is 1. The molecule has 0 aliphatic carbocycles. The first-order chi connectivity index (χ1) is 9.58. The molecule has 0 bridgehead atoms. The fraction of sp³-hybridized carbons (Fsp3) is 0.188. The zero-order valence-corrected chi connectivity index (χ0v) is 12.2. The molecule has 0 aliphatic heterocycles. The van der Waals surface area contributed by atoms with E-state index in [2.05, 4.69) is 0 Å². The quantitative estimate of drug-likeness (QED) is 0.829. The molecular weight excluding hydrogens is 268 g/mol. The van der Waals surface area contributed by atoms with E-state index in [4.69, 9.17) is 18.0 Å². The Morgan fingerprint density at radius 3 is 2.30 bits per heavy atom. The highest BCUT2D eigenvalue weighted by atomic mass is 32.1. The van der Waals surface area contributed by atoms with Crippen molar-refractivity contribution in [3.63, 3.8) is 0 Å². The Bertz CT molecular complexity index is 569. The molecule has 0 radical (unpaired) electrons. The number of hydrogen-bond acceptors (Lipinski definition) is 3. The van der Waals surface area contributed by atoms with Crippen LogP contribution in [0, 0.1) is 0 Å². The van der Waals surface area contributed by atoms with Crippen LogP contribution in [0.1, 0.15) is 17.2 Å². The van der Waals surface area contributed by atoms with Crippen LogP contribution in [-0.2, 0) is 0 Å². The minimum atomic E-state index is -0.555. The van der Waals surface area contributed by atoms with Gasteiger partial charge in [-0.3, -0.25) is 0 Å². The Morgan fingerprint density at radius 1 is 1.15 bits per heavy atom. The van der Waals surface area contributed by atoms with Gasteiger partial charge in [-0.2, -0.15) is 0 Å². The minimum absolute atomic E-state index is 0.368. The number of aliphatic hydroxyl groups is 1. The average molecular weight is 286 g/mol. The van der Waals surface area contributed by atoms with Crippen molar-refractivity contribution in [2.75, 3.05) is 18.5 Å². The van der Waals surface area contributed by atoms with Crippen LogP contribution in [0.15, 0.2) is 54.6 Å². The summed E-state index contributed by atoms with van der Waals surface area (Å²) in [5.41, 5.74) is 8.30. The Balaban J connectivity index is 2.04. The van der Waals surface area contributed by atoms with E-state index in [0.29, 0.717) is 11.5 Å². The first kappa shape index (κ1) is 14.5. The number of likely N-dealkylation sites (N-methyl/N-ethyl adjacent to an activating group) is 1. The molecule has 0 aliphatic rings. The molecular formula is C16H18N2OS. The summed E-state index contributed by atoms with van der Waals surface area (Å²) in [5.74, 6) is 0. The van der Waals surface area contributed by atoms with Gasteiger partial charge in [0.05, 0.1) is 6.10 Å². The van der Waals surface area contributed by atoms with Crippen molar-refractivity contribution in [1.29, 1.82) is 0 Å². The summed E-state index contributed by atoms with van der Waals surface area (Å²) in [6.45, 7) is 0.524. The largest absolute Gasteiger partial charge is 0.389 e. The van der Waals surface area contributed by atoms with Gasteiger partial charge in [-0.1, -0.05) is 54.7 Å². The fourth-order valence-corrected chi connectivity index (χ4v) is 2.16. The number of para-hydroxylation sites is 1. The summed E-state index contributed by atoms with van der Waals surface area (Å²) in [5, 5.41) is 10.3. The van der Waals surface area contributed by atoms with Crippen molar-refractivity contribution >= 4 is 22.9 Å². The van der Waals surface area contributed by atoms with Gasteiger partial charge in [0, 0.05) is 24.8 Å². The van der Waals surface area contributed by atoms with E-state index in [1.54, 1.807) is 0 Å². The lowest BCUT2D eigenvalue weighted by atomic mass is 10.1. The Morgan fingerprint density at radius 2 is 1.75 bits per heavy atom. The zero-order valence-electron chi connectivity index (χ0n) is 11.4. The van der Waals surface area contributed by atoms with Gasteiger partial charge >= 0.3 is 0 Å². The van der Waals surface area contributed by atoms with Gasteiger partial charge < -0.3 is 15.7 Å². The second-order valence-electron chi connectivity index (χ2n) is 4.72. The maximum Gasteiger partial charge on any atom is 0.103 e. The number of nitrogens with zero attached hydrogens (tertiary/aromatic N) is 1. The summed E-state index contributed by atoms with van der Waals surface area (Å²) in [4.78, 5) is 2.39. The molecule has 0 saturated carbocycles. The molecule has 20 heavy (non-hydrogen) atoms. The molecule has 1 unspecified atom stereocenters. The molecule has 104 valence electrons. The van der Waals surface area contributed by atoms with Crippen LogP contribution < -0.4 is 10.6 Å². The third-order valence-electron chi connectivity index (χ3n) is 3.22. The molecule has 0 fully saturated rings. The monoisotopic (exact) mass is 286 g/mol. The van der Waals surface area contributed by atoms with E-state index in [0.717, 1.165) is 16.8 Å². The van der Waals surface area contributed by atoms with E-state index in [-0.39, 0.29) is 0 Å². The second kappa shape index (κ2) is 6.50. The molecule has 3 N–H and O–H groups in total. The van der Waals surface area contributed by atoms with Crippen molar-refractivity contribution in [2.24, 2.45) is 5.73 Å². The summed E-state index contributed by atoms with van der Waals surface area (Å²) < 4.78 is 0. The number of rotatable bonds is 5. The molecule has 2 aromatic carbocycles. The third kappa shape index (κ3) is 3.56. The van der Waals surface area contributed by atoms with Gasteiger partial charge in [-0.15, -0.1) is 0 Å². The van der Waals surface area contributed by atoms with Crippen molar-refractivity contribution < 1.29 is 5.11 Å². The molecule has 3 nitrogen and oxygen atoms in total. The summed E-state index contributed by atoms with van der Waals surface area (Å²) >= 11 is 4.91. The highest BCUT2D eigenvalue weighted by Crippen LogP contribution is 2.18. The molecule has 0 spiro atoms. The van der Waals surface area contributed by atoms with Crippen LogP contribution >= 0.6 is 12.2 Å². The van der Waals surface area contributed by atoms with Gasteiger partial charge in [0.1, 0.15) is 4.99 Å². The average Bonchev–Trinajstić information content (AvgIpc) is 2.48. The number of thiocarbonyl (C=S) groups is 1. The van der Waals surface area contributed by atoms with Crippen molar-refractivity contribution in [3.8, 4) is 0 Å². The third-order valence-corrected chi connectivity index (χ3v) is 3.46. The molecule has 2 rings (SSSR count). The fourth-order valence-electron chi connectivity index (χ4n) is 2.02. The van der Waals surface area contributed by atoms with Crippen LogP contribution in [0.3, 0.4) is 0 Å². The number of aliphatic hydroxyl groups excluding tert-OH is 1. The predicted octanol–water partition coefficient (Wildman–Crippen LogP) is 2.49. The lowest BCUT2D eigenvalue weighted by molar-refractivity contribution is 0.185. The van der Waals surface area contributed by atoms with Gasteiger partial charge in [0.15, 0.2) is 0 Å². The topological polar surface area (TPSA) is 49.5 Å². The van der Waals surface area contributed by atoms with Gasteiger partial charge in [0.25, 0.3) is 0 Å². The van der Waals surface area contributed by atoms with Crippen LogP contribution in [0.4, 0.5) is 5.69 Å². The van der Waals surface area contributed by atoms with E-state index >= 15 is 0 Å². The molecule has 2 aromatic rings. The van der Waals surface area contributed by atoms with Crippen LogP contribution in [0.2, 0.25) is 0 Å². The summed E-state index contributed by atoms with van der Waals surface area (Å²) in [7, 11) is 1.96. The normalized spacial score (nSPS) is 11.9. The lowest BCUT2D eigenvalue weighted by Crippen LogP contribution is -2.24. The highest BCUT2D eigenvalue weighted by molar-refractivity contribution is 7.80. The second-order valence-corrected chi connectivity index (χ2v) is 5.16. The number of hydrogen-bond donors (Lipinski definition) is 2. The number of benzene rings is 2. The first-order valence-electron chi connectivity index (χ1n) is 6.42. The van der Waals surface area contributed by atoms with Crippen molar-refractivity contribution in [2.45, 2.75) is 6.10 Å². The van der Waals surface area contributed by atoms with E-state index in [1.165, 1.54) is 0 Å². The molecule has 1 atom stereocenters. The molecule has 0 heterocycles. The Labute approximate surface area is 124 Å². The van der Waals surface area contributed by atoms with Crippen molar-refractivity contribution in [1.82, 2.24) is 0 Å². The first-order valence-corrected chi connectivity index (χ1v) is 6.83. The molecule has 4 heteroatoms. The van der Waals surface area contributed by atoms with Crippen LogP contribution in [-0.4, -0.2) is 23.7 Å². The standard InChI is InChI=1S/C16H18N2OS/c1-18(14-5-3-2-4-6-14)11-15(19)12-7-9-13(10-8-12)16(17)20/h2-10,15,19H,11H2,1H3,(H2,17,20). The van der Waals surface area contributed by atoms with E-state index < -0.39 is 6.10 Å². The Kier molecular flexibility index (Phi) is 4.71. The van der Waals surface area contributed by atoms with Gasteiger partial charge in [0.2, 0.25) is 0 Å². The van der Waals surface area contributed by atoms with Crippen LogP contribution in [0.25, 0.3) is 0 Å². The smallest absolute Gasteiger partial charge is 0.103 e. The number of anilines is 1. The van der Waals surface area contributed by atoms with Gasteiger partial charge in [-0.25, -0.2) is 0 Å². The van der Waals surface area contributed by atoms with E-state index in [9.17, 15) is 5.11 Å². The molecule has 0 amide bonds.